The molecule has 0 saturated heterocycles. The zero-order valence-corrected chi connectivity index (χ0v) is 16.3. The molecule has 29 heavy (non-hydrogen) atoms. The van der Waals surface area contributed by atoms with Gasteiger partial charge in [-0.25, -0.2) is 4.79 Å². The summed E-state index contributed by atoms with van der Waals surface area (Å²) in [5.74, 6) is -1.30. The summed E-state index contributed by atoms with van der Waals surface area (Å²) in [6, 6.07) is 20.7. The minimum absolute atomic E-state index is 0.185. The van der Waals surface area contributed by atoms with Crippen LogP contribution in [-0.4, -0.2) is 24.3 Å². The second-order valence-corrected chi connectivity index (χ2v) is 6.73. The van der Waals surface area contributed by atoms with Gasteiger partial charge in [-0.15, -0.1) is 0 Å². The Labute approximate surface area is 169 Å². The summed E-state index contributed by atoms with van der Waals surface area (Å²) in [7, 11) is 0. The van der Waals surface area contributed by atoms with Crippen LogP contribution in [0.25, 0.3) is 0 Å². The Hall–Kier alpha value is -3.73. The molecule has 3 aromatic carbocycles. The van der Waals surface area contributed by atoms with E-state index in [0.717, 1.165) is 11.1 Å². The highest BCUT2D eigenvalue weighted by Gasteiger charge is 2.17. The number of benzene rings is 3. The van der Waals surface area contributed by atoms with E-state index in [2.05, 4.69) is 5.32 Å². The number of anilines is 1. The van der Waals surface area contributed by atoms with Gasteiger partial charge in [0.15, 0.2) is 12.4 Å². The van der Waals surface area contributed by atoms with Crippen molar-refractivity contribution in [1.29, 1.82) is 0 Å². The van der Waals surface area contributed by atoms with Crippen molar-refractivity contribution in [2.24, 2.45) is 0 Å². The number of ketones is 1. The van der Waals surface area contributed by atoms with Gasteiger partial charge in [0.2, 0.25) is 0 Å². The van der Waals surface area contributed by atoms with Gasteiger partial charge in [0.25, 0.3) is 5.91 Å². The van der Waals surface area contributed by atoms with Crippen molar-refractivity contribution in [3.8, 4) is 0 Å². The van der Waals surface area contributed by atoms with Gasteiger partial charge in [0.05, 0.1) is 11.3 Å². The van der Waals surface area contributed by atoms with Crippen LogP contribution in [0.4, 0.5) is 5.69 Å². The number of hydrogen-bond acceptors (Lipinski definition) is 4. The first-order valence-corrected chi connectivity index (χ1v) is 9.18. The maximum absolute atomic E-state index is 12.5. The summed E-state index contributed by atoms with van der Waals surface area (Å²) < 4.78 is 5.18. The molecule has 3 rings (SSSR count). The first-order valence-electron chi connectivity index (χ1n) is 9.18. The van der Waals surface area contributed by atoms with Crippen LogP contribution in [0.5, 0.6) is 0 Å². The minimum atomic E-state index is -0.676. The van der Waals surface area contributed by atoms with E-state index in [1.54, 1.807) is 48.5 Å². The number of hydrogen-bond donors (Lipinski definition) is 1. The molecule has 0 saturated carbocycles. The Balaban J connectivity index is 1.68. The summed E-state index contributed by atoms with van der Waals surface area (Å²) in [6.45, 7) is 3.49. The number of esters is 1. The molecular formula is C24H21NO4. The molecule has 5 heteroatoms. The lowest BCUT2D eigenvalue weighted by Crippen LogP contribution is -2.18. The highest BCUT2D eigenvalue weighted by Crippen LogP contribution is 2.18. The first kappa shape index (κ1) is 20.0. The van der Waals surface area contributed by atoms with Crippen LogP contribution in [0.3, 0.4) is 0 Å². The molecule has 1 amide bonds. The molecule has 0 spiro atoms. The van der Waals surface area contributed by atoms with E-state index < -0.39 is 5.97 Å². The summed E-state index contributed by atoms with van der Waals surface area (Å²) >= 11 is 0. The molecule has 146 valence electrons. The fourth-order valence-corrected chi connectivity index (χ4v) is 2.70. The van der Waals surface area contributed by atoms with Gasteiger partial charge in [-0.1, -0.05) is 59.7 Å². The molecule has 5 nitrogen and oxygen atoms in total. The molecule has 0 aromatic heterocycles. The molecule has 3 aromatic rings. The normalized spacial score (nSPS) is 10.3. The number of aryl methyl sites for hydroxylation is 2. The molecule has 0 aliphatic heterocycles. The highest BCUT2D eigenvalue weighted by molar-refractivity contribution is 6.08. The fourth-order valence-electron chi connectivity index (χ4n) is 2.70. The average molecular weight is 387 g/mol. The maximum Gasteiger partial charge on any atom is 0.340 e. The highest BCUT2D eigenvalue weighted by atomic mass is 16.5. The molecule has 0 fully saturated rings. The Bertz CT molecular complexity index is 1040. The predicted molar refractivity (Wildman–Crippen MR) is 111 cm³/mol. The lowest BCUT2D eigenvalue weighted by atomic mass is 10.1. The van der Waals surface area contributed by atoms with E-state index >= 15 is 0 Å². The molecule has 0 radical (unpaired) electrons. The second-order valence-electron chi connectivity index (χ2n) is 6.73. The first-order chi connectivity index (χ1) is 13.9. The third kappa shape index (κ3) is 5.17. The van der Waals surface area contributed by atoms with Gasteiger partial charge in [-0.2, -0.15) is 0 Å². The van der Waals surface area contributed by atoms with Crippen LogP contribution >= 0.6 is 0 Å². The maximum atomic E-state index is 12.5. The van der Waals surface area contributed by atoms with Gasteiger partial charge < -0.3 is 10.1 Å². The van der Waals surface area contributed by atoms with E-state index in [-0.39, 0.29) is 23.9 Å². The van der Waals surface area contributed by atoms with Crippen LogP contribution in [0.2, 0.25) is 0 Å². The van der Waals surface area contributed by atoms with Gasteiger partial charge in [0, 0.05) is 11.1 Å². The van der Waals surface area contributed by atoms with Gasteiger partial charge in [-0.05, 0) is 38.1 Å². The van der Waals surface area contributed by atoms with Crippen molar-refractivity contribution in [1.82, 2.24) is 0 Å². The second kappa shape index (κ2) is 8.97. The molecule has 0 aliphatic rings. The Morgan fingerprint density at radius 3 is 1.93 bits per heavy atom. The minimum Gasteiger partial charge on any atom is -0.454 e. The number of carbonyl (C=O) groups is 3. The molecule has 0 aliphatic carbocycles. The van der Waals surface area contributed by atoms with Crippen molar-refractivity contribution >= 4 is 23.3 Å². The average Bonchev–Trinajstić information content (AvgIpc) is 2.73. The fraction of sp³-hybridized carbons (Fsp3) is 0.125. The molecule has 0 bridgehead atoms. The molecule has 1 N–H and O–H groups in total. The Morgan fingerprint density at radius 1 is 0.759 bits per heavy atom. The van der Waals surface area contributed by atoms with Crippen molar-refractivity contribution in [2.45, 2.75) is 13.8 Å². The quantitative estimate of drug-likeness (QED) is 0.496. The van der Waals surface area contributed by atoms with Gasteiger partial charge in [-0.3, -0.25) is 9.59 Å². The third-order valence-electron chi connectivity index (χ3n) is 4.42. The number of Topliss-reactive ketones (excluding diaryl/α,β-unsaturated/α-hetero) is 1. The number of para-hydroxylation sites is 1. The molecular weight excluding hydrogens is 366 g/mol. The van der Waals surface area contributed by atoms with E-state index in [9.17, 15) is 14.4 Å². The third-order valence-corrected chi connectivity index (χ3v) is 4.42. The van der Waals surface area contributed by atoms with Crippen LogP contribution < -0.4 is 5.32 Å². The number of nitrogens with one attached hydrogen (secondary N) is 1. The molecule has 0 atom stereocenters. The number of ether oxygens (including phenoxy) is 1. The van der Waals surface area contributed by atoms with Gasteiger partial charge in [0.1, 0.15) is 0 Å². The van der Waals surface area contributed by atoms with E-state index in [1.165, 1.54) is 0 Å². The Kier molecular flexibility index (Phi) is 6.19. The lowest BCUT2D eigenvalue weighted by Gasteiger charge is -2.11. The number of carbonyl (C=O) groups excluding carboxylic acids is 3. The van der Waals surface area contributed by atoms with Crippen molar-refractivity contribution < 1.29 is 19.1 Å². The monoisotopic (exact) mass is 387 g/mol. The predicted octanol–water partition coefficient (Wildman–Crippen LogP) is 4.60. The number of amides is 1. The summed E-state index contributed by atoms with van der Waals surface area (Å²) in [5.41, 5.74) is 3.55. The molecule has 0 heterocycles. The van der Waals surface area contributed by atoms with E-state index in [0.29, 0.717) is 16.8 Å². The van der Waals surface area contributed by atoms with Crippen LogP contribution in [-0.2, 0) is 4.74 Å². The standard InChI is InChI=1S/C24H21NO4/c1-16-7-11-18(12-8-16)22(26)15-29-24(28)20-5-3-4-6-21(20)25-23(27)19-13-9-17(2)10-14-19/h3-14H,15H2,1-2H3,(H,25,27). The van der Waals surface area contributed by atoms with Gasteiger partial charge >= 0.3 is 5.97 Å². The van der Waals surface area contributed by atoms with E-state index in [4.69, 9.17) is 4.74 Å². The van der Waals surface area contributed by atoms with Crippen molar-refractivity contribution in [3.05, 3.63) is 101 Å². The van der Waals surface area contributed by atoms with Crippen LogP contribution in [0.15, 0.2) is 72.8 Å². The largest absolute Gasteiger partial charge is 0.454 e. The molecule has 0 unspecified atom stereocenters. The van der Waals surface area contributed by atoms with Crippen LogP contribution in [0, 0.1) is 13.8 Å². The topological polar surface area (TPSA) is 72.5 Å². The zero-order chi connectivity index (χ0) is 20.8. The SMILES string of the molecule is Cc1ccc(C(=O)COC(=O)c2ccccc2NC(=O)c2ccc(C)cc2)cc1. The smallest absolute Gasteiger partial charge is 0.340 e. The lowest BCUT2D eigenvalue weighted by molar-refractivity contribution is 0.0475. The summed E-state index contributed by atoms with van der Waals surface area (Å²) in [5, 5.41) is 2.73. The van der Waals surface area contributed by atoms with E-state index in [1.807, 2.05) is 38.1 Å². The zero-order valence-electron chi connectivity index (χ0n) is 16.3. The Morgan fingerprint density at radius 2 is 1.31 bits per heavy atom. The number of rotatable bonds is 6. The van der Waals surface area contributed by atoms with Crippen molar-refractivity contribution in [2.75, 3.05) is 11.9 Å². The van der Waals surface area contributed by atoms with Crippen LogP contribution in [0.1, 0.15) is 42.2 Å². The van der Waals surface area contributed by atoms with Crippen molar-refractivity contribution in [3.63, 3.8) is 0 Å². The summed E-state index contributed by atoms with van der Waals surface area (Å²) in [6.07, 6.45) is 0. The summed E-state index contributed by atoms with van der Waals surface area (Å²) in [4.78, 5) is 37.2.